The SMILES string of the molecule is COCCN=C1Nc2ccccc2N[C@]12CCCN(C(=O)CSc1ccccc1)C2. The van der Waals surface area contributed by atoms with Crippen molar-refractivity contribution in [3.63, 3.8) is 0 Å². The van der Waals surface area contributed by atoms with Gasteiger partial charge >= 0.3 is 0 Å². The number of amides is 1. The summed E-state index contributed by atoms with van der Waals surface area (Å²) >= 11 is 1.59. The first-order valence-electron chi connectivity index (χ1n) is 10.3. The van der Waals surface area contributed by atoms with E-state index in [0.717, 1.165) is 41.5 Å². The Labute approximate surface area is 182 Å². The highest BCUT2D eigenvalue weighted by atomic mass is 32.2. The molecule has 2 aliphatic heterocycles. The number of thioether (sulfide) groups is 1. The molecule has 1 fully saturated rings. The van der Waals surface area contributed by atoms with Crippen molar-refractivity contribution in [3.8, 4) is 0 Å². The molecule has 158 valence electrons. The van der Waals surface area contributed by atoms with Gasteiger partial charge in [0.05, 0.1) is 36.8 Å². The van der Waals surface area contributed by atoms with E-state index < -0.39 is 5.54 Å². The minimum atomic E-state index is -0.395. The molecular formula is C23H28N4O2S. The molecule has 2 aliphatic rings. The average Bonchev–Trinajstić information content (AvgIpc) is 2.79. The van der Waals surface area contributed by atoms with E-state index in [-0.39, 0.29) is 5.91 Å². The van der Waals surface area contributed by atoms with Crippen molar-refractivity contribution >= 4 is 34.9 Å². The molecule has 0 unspecified atom stereocenters. The molecule has 30 heavy (non-hydrogen) atoms. The van der Waals surface area contributed by atoms with Crippen LogP contribution in [0.5, 0.6) is 0 Å². The normalized spacial score (nSPS) is 21.8. The Morgan fingerprint density at radius 3 is 2.73 bits per heavy atom. The van der Waals surface area contributed by atoms with Crippen molar-refractivity contribution in [3.05, 3.63) is 54.6 Å². The van der Waals surface area contributed by atoms with E-state index >= 15 is 0 Å². The number of benzene rings is 2. The predicted molar refractivity (Wildman–Crippen MR) is 124 cm³/mol. The minimum Gasteiger partial charge on any atom is -0.383 e. The number of hydrogen-bond donors (Lipinski definition) is 2. The number of carbonyl (C=O) groups is 1. The van der Waals surface area contributed by atoms with E-state index in [0.29, 0.717) is 25.4 Å². The number of amidine groups is 1. The number of likely N-dealkylation sites (tertiary alicyclic amines) is 1. The third-order valence-corrected chi connectivity index (χ3v) is 6.52. The van der Waals surface area contributed by atoms with Crippen molar-refractivity contribution in [1.82, 2.24) is 4.90 Å². The summed E-state index contributed by atoms with van der Waals surface area (Å²) < 4.78 is 5.19. The van der Waals surface area contributed by atoms with Crippen LogP contribution in [-0.2, 0) is 9.53 Å². The number of piperidine rings is 1. The Morgan fingerprint density at radius 1 is 1.17 bits per heavy atom. The molecule has 4 rings (SSSR count). The molecule has 2 aromatic rings. The molecule has 1 saturated heterocycles. The van der Waals surface area contributed by atoms with Crippen molar-refractivity contribution in [2.75, 3.05) is 49.7 Å². The number of ether oxygens (including phenoxy) is 1. The molecule has 7 heteroatoms. The largest absolute Gasteiger partial charge is 0.383 e. The van der Waals surface area contributed by atoms with Gasteiger partial charge in [-0.2, -0.15) is 0 Å². The Balaban J connectivity index is 1.51. The van der Waals surface area contributed by atoms with Crippen molar-refractivity contribution in [1.29, 1.82) is 0 Å². The molecule has 1 atom stereocenters. The molecule has 2 N–H and O–H groups in total. The molecule has 1 amide bonds. The molecular weight excluding hydrogens is 396 g/mol. The van der Waals surface area contributed by atoms with Gasteiger partial charge in [0.1, 0.15) is 11.4 Å². The van der Waals surface area contributed by atoms with E-state index in [2.05, 4.69) is 16.7 Å². The number of fused-ring (bicyclic) bond motifs is 1. The lowest BCUT2D eigenvalue weighted by atomic mass is 9.85. The van der Waals surface area contributed by atoms with Crippen LogP contribution in [0.4, 0.5) is 11.4 Å². The number of rotatable bonds is 6. The molecule has 0 aliphatic carbocycles. The lowest BCUT2D eigenvalue weighted by molar-refractivity contribution is -0.129. The van der Waals surface area contributed by atoms with Crippen molar-refractivity contribution in [2.24, 2.45) is 4.99 Å². The van der Waals surface area contributed by atoms with Gasteiger partial charge in [-0.15, -0.1) is 11.8 Å². The highest BCUT2D eigenvalue weighted by Crippen LogP contribution is 2.36. The van der Waals surface area contributed by atoms with Gasteiger partial charge in [-0.1, -0.05) is 30.3 Å². The molecule has 1 spiro atoms. The molecule has 2 heterocycles. The fraction of sp³-hybridized carbons (Fsp3) is 0.391. The summed E-state index contributed by atoms with van der Waals surface area (Å²) in [5, 5.41) is 7.24. The molecule has 2 aromatic carbocycles. The van der Waals surface area contributed by atoms with Crippen LogP contribution in [0.3, 0.4) is 0 Å². The number of nitrogens with one attached hydrogen (secondary N) is 2. The topological polar surface area (TPSA) is 66.0 Å². The monoisotopic (exact) mass is 424 g/mol. The first kappa shape index (κ1) is 20.8. The van der Waals surface area contributed by atoms with Crippen molar-refractivity contribution < 1.29 is 9.53 Å². The number of anilines is 2. The van der Waals surface area contributed by atoms with Gasteiger partial charge in [0, 0.05) is 18.6 Å². The third-order valence-electron chi connectivity index (χ3n) is 5.52. The molecule has 0 saturated carbocycles. The zero-order valence-corrected chi connectivity index (χ0v) is 18.1. The summed E-state index contributed by atoms with van der Waals surface area (Å²) in [5.74, 6) is 1.51. The molecule has 0 bridgehead atoms. The van der Waals surface area contributed by atoms with Gasteiger partial charge < -0.3 is 20.3 Å². The maximum atomic E-state index is 13.0. The number of hydrogen-bond acceptors (Lipinski definition) is 5. The second-order valence-electron chi connectivity index (χ2n) is 7.62. The number of para-hydroxylation sites is 2. The standard InChI is InChI=1S/C23H28N4O2S/c1-29-15-13-24-22-23(26-20-11-6-5-10-19(20)25-22)12-7-14-27(17-23)21(28)16-30-18-8-3-2-4-9-18/h2-6,8-11,26H,7,12-17H2,1H3,(H,24,25)/t23-/m0/s1. The second-order valence-corrected chi connectivity index (χ2v) is 8.67. The van der Waals surface area contributed by atoms with Gasteiger partial charge in [-0.05, 0) is 37.1 Å². The van der Waals surface area contributed by atoms with Gasteiger partial charge in [0.15, 0.2) is 0 Å². The fourth-order valence-electron chi connectivity index (χ4n) is 4.02. The zero-order valence-electron chi connectivity index (χ0n) is 17.3. The van der Waals surface area contributed by atoms with Gasteiger partial charge in [-0.3, -0.25) is 9.79 Å². The summed E-state index contributed by atoms with van der Waals surface area (Å²) in [6.45, 7) is 2.54. The van der Waals surface area contributed by atoms with Crippen LogP contribution in [0.15, 0.2) is 64.5 Å². The Morgan fingerprint density at radius 2 is 1.93 bits per heavy atom. The fourth-order valence-corrected chi connectivity index (χ4v) is 4.84. The third kappa shape index (κ3) is 4.63. The van der Waals surface area contributed by atoms with Crippen LogP contribution in [0.2, 0.25) is 0 Å². The maximum absolute atomic E-state index is 13.0. The van der Waals surface area contributed by atoms with Crippen LogP contribution in [0.25, 0.3) is 0 Å². The second kappa shape index (κ2) is 9.53. The molecule has 0 aromatic heterocycles. The van der Waals surface area contributed by atoms with Crippen LogP contribution in [-0.4, -0.2) is 61.3 Å². The van der Waals surface area contributed by atoms with Gasteiger partial charge in [0.25, 0.3) is 0 Å². The van der Waals surface area contributed by atoms with E-state index in [4.69, 9.17) is 9.73 Å². The number of methoxy groups -OCH3 is 1. The van der Waals surface area contributed by atoms with Gasteiger partial charge in [0.2, 0.25) is 5.91 Å². The zero-order chi connectivity index (χ0) is 20.8. The lowest BCUT2D eigenvalue weighted by Crippen LogP contribution is -2.62. The van der Waals surface area contributed by atoms with E-state index in [9.17, 15) is 4.79 Å². The minimum absolute atomic E-state index is 0.167. The van der Waals surface area contributed by atoms with E-state index in [1.54, 1.807) is 18.9 Å². The van der Waals surface area contributed by atoms with Crippen molar-refractivity contribution in [2.45, 2.75) is 23.3 Å². The van der Waals surface area contributed by atoms with Gasteiger partial charge in [-0.25, -0.2) is 0 Å². The Hall–Kier alpha value is -2.51. The summed E-state index contributed by atoms with van der Waals surface area (Å²) in [6, 6.07) is 18.2. The summed E-state index contributed by atoms with van der Waals surface area (Å²) in [4.78, 5) is 20.9. The predicted octanol–water partition coefficient (Wildman–Crippen LogP) is 3.72. The average molecular weight is 425 g/mol. The van der Waals surface area contributed by atoms with E-state index in [1.807, 2.05) is 53.4 Å². The quantitative estimate of drug-likeness (QED) is 0.547. The summed E-state index contributed by atoms with van der Waals surface area (Å²) in [5.41, 5.74) is 1.67. The highest BCUT2D eigenvalue weighted by Gasteiger charge is 2.44. The van der Waals surface area contributed by atoms with E-state index in [1.165, 1.54) is 0 Å². The number of aliphatic imine (C=N–C) groups is 1. The first-order chi connectivity index (χ1) is 14.7. The summed E-state index contributed by atoms with van der Waals surface area (Å²) in [6.07, 6.45) is 1.86. The van der Waals surface area contributed by atoms with Crippen LogP contribution >= 0.6 is 11.8 Å². The Kier molecular flexibility index (Phi) is 6.59. The lowest BCUT2D eigenvalue weighted by Gasteiger charge is -2.47. The number of carbonyl (C=O) groups excluding carboxylic acids is 1. The number of nitrogens with zero attached hydrogens (tertiary/aromatic N) is 2. The van der Waals surface area contributed by atoms with Crippen LogP contribution in [0.1, 0.15) is 12.8 Å². The maximum Gasteiger partial charge on any atom is 0.233 e. The first-order valence-corrected chi connectivity index (χ1v) is 11.3. The summed E-state index contributed by atoms with van der Waals surface area (Å²) in [7, 11) is 1.68. The highest BCUT2D eigenvalue weighted by molar-refractivity contribution is 8.00. The molecule has 6 nitrogen and oxygen atoms in total. The smallest absolute Gasteiger partial charge is 0.233 e. The Bertz CT molecular complexity index is 905. The molecule has 0 radical (unpaired) electrons. The van der Waals surface area contributed by atoms with Crippen LogP contribution < -0.4 is 10.6 Å². The van der Waals surface area contributed by atoms with Crippen LogP contribution in [0, 0.1) is 0 Å².